The molecule has 0 saturated heterocycles. The summed E-state index contributed by atoms with van der Waals surface area (Å²) in [4.78, 5) is 20.3. The standard InChI is InChI=1S/C15H22N4O2S2/c1-9(5-16)13(20)19-14-18-7-12(23-14)22-8-11-17-6-10(21-11)15(2,3)4/h6-7,9H,5,8,16H2,1-4H3,(H,18,19,20). The van der Waals surface area contributed by atoms with Crippen molar-refractivity contribution in [2.24, 2.45) is 11.7 Å². The van der Waals surface area contributed by atoms with Gasteiger partial charge in [0.05, 0.1) is 22.4 Å². The number of hydrogen-bond acceptors (Lipinski definition) is 7. The van der Waals surface area contributed by atoms with E-state index in [4.69, 9.17) is 10.2 Å². The van der Waals surface area contributed by atoms with Crippen molar-refractivity contribution in [3.63, 3.8) is 0 Å². The highest BCUT2D eigenvalue weighted by atomic mass is 32.2. The topological polar surface area (TPSA) is 94.0 Å². The highest BCUT2D eigenvalue weighted by Gasteiger charge is 2.19. The fraction of sp³-hybridized carbons (Fsp3) is 0.533. The average Bonchev–Trinajstić information content (AvgIpc) is 3.12. The Morgan fingerprint density at radius 2 is 2.17 bits per heavy atom. The number of nitrogens with zero attached hydrogens (tertiary/aromatic N) is 2. The number of carbonyl (C=O) groups excluding carboxylic acids is 1. The van der Waals surface area contributed by atoms with Gasteiger partial charge < -0.3 is 15.5 Å². The van der Waals surface area contributed by atoms with Gasteiger partial charge in [0, 0.05) is 17.9 Å². The smallest absolute Gasteiger partial charge is 0.230 e. The molecule has 126 valence electrons. The first-order valence-corrected chi connectivity index (χ1v) is 9.14. The predicted octanol–water partition coefficient (Wildman–Crippen LogP) is 3.25. The van der Waals surface area contributed by atoms with E-state index in [0.29, 0.717) is 23.3 Å². The van der Waals surface area contributed by atoms with Crippen LogP contribution in [0.15, 0.2) is 21.0 Å². The number of amides is 1. The molecular weight excluding hydrogens is 332 g/mol. The molecule has 1 atom stereocenters. The molecule has 2 aromatic heterocycles. The minimum Gasteiger partial charge on any atom is -0.444 e. The van der Waals surface area contributed by atoms with Crippen LogP contribution >= 0.6 is 23.1 Å². The van der Waals surface area contributed by atoms with Gasteiger partial charge in [-0.15, -0.1) is 11.8 Å². The van der Waals surface area contributed by atoms with E-state index in [0.717, 1.165) is 9.97 Å². The maximum atomic E-state index is 11.8. The van der Waals surface area contributed by atoms with E-state index >= 15 is 0 Å². The first-order valence-electron chi connectivity index (χ1n) is 7.34. The van der Waals surface area contributed by atoms with Gasteiger partial charge in [0.25, 0.3) is 0 Å². The molecule has 0 aromatic carbocycles. The molecule has 23 heavy (non-hydrogen) atoms. The Bertz CT molecular complexity index is 660. The van der Waals surface area contributed by atoms with Crippen LogP contribution in [-0.4, -0.2) is 22.4 Å². The molecule has 3 N–H and O–H groups in total. The number of carbonyl (C=O) groups is 1. The van der Waals surface area contributed by atoms with Gasteiger partial charge in [-0.1, -0.05) is 39.0 Å². The van der Waals surface area contributed by atoms with Crippen LogP contribution in [0.1, 0.15) is 39.3 Å². The maximum Gasteiger partial charge on any atom is 0.230 e. The zero-order chi connectivity index (χ0) is 17.0. The summed E-state index contributed by atoms with van der Waals surface area (Å²) in [5.74, 6) is 1.86. The molecule has 2 aromatic rings. The Balaban J connectivity index is 1.90. The van der Waals surface area contributed by atoms with Crippen molar-refractivity contribution >= 4 is 34.1 Å². The van der Waals surface area contributed by atoms with E-state index in [1.54, 1.807) is 31.1 Å². The van der Waals surface area contributed by atoms with Crippen LogP contribution in [0.4, 0.5) is 5.13 Å². The summed E-state index contributed by atoms with van der Waals surface area (Å²) >= 11 is 3.01. The van der Waals surface area contributed by atoms with Crippen molar-refractivity contribution in [1.82, 2.24) is 9.97 Å². The van der Waals surface area contributed by atoms with Gasteiger partial charge in [-0.05, 0) is 0 Å². The molecule has 2 rings (SSSR count). The van der Waals surface area contributed by atoms with Gasteiger partial charge in [0.1, 0.15) is 5.76 Å². The number of thiazole rings is 1. The molecule has 1 unspecified atom stereocenters. The number of hydrogen-bond donors (Lipinski definition) is 2. The van der Waals surface area contributed by atoms with Gasteiger partial charge in [0.15, 0.2) is 5.13 Å². The van der Waals surface area contributed by atoms with Crippen LogP contribution in [0.25, 0.3) is 0 Å². The van der Waals surface area contributed by atoms with Crippen molar-refractivity contribution < 1.29 is 9.21 Å². The number of nitrogens with two attached hydrogens (primary N) is 1. The second kappa shape index (κ2) is 7.46. The molecule has 0 aliphatic rings. The van der Waals surface area contributed by atoms with E-state index in [1.807, 2.05) is 0 Å². The van der Waals surface area contributed by atoms with Gasteiger partial charge in [0.2, 0.25) is 11.8 Å². The van der Waals surface area contributed by atoms with E-state index in [-0.39, 0.29) is 17.2 Å². The van der Waals surface area contributed by atoms with Crippen LogP contribution in [0, 0.1) is 5.92 Å². The quantitative estimate of drug-likeness (QED) is 0.773. The highest BCUT2D eigenvalue weighted by Crippen LogP contribution is 2.31. The minimum atomic E-state index is -0.224. The summed E-state index contributed by atoms with van der Waals surface area (Å²) < 4.78 is 6.75. The third-order valence-corrected chi connectivity index (χ3v) is 5.24. The summed E-state index contributed by atoms with van der Waals surface area (Å²) in [7, 11) is 0. The van der Waals surface area contributed by atoms with E-state index in [2.05, 4.69) is 36.1 Å². The lowest BCUT2D eigenvalue weighted by Gasteiger charge is -2.12. The largest absolute Gasteiger partial charge is 0.444 e. The molecule has 0 aliphatic carbocycles. The van der Waals surface area contributed by atoms with Gasteiger partial charge in [-0.2, -0.15) is 0 Å². The van der Waals surface area contributed by atoms with E-state index in [1.165, 1.54) is 11.3 Å². The van der Waals surface area contributed by atoms with Crippen molar-refractivity contribution in [2.75, 3.05) is 11.9 Å². The monoisotopic (exact) mass is 354 g/mol. The highest BCUT2D eigenvalue weighted by molar-refractivity contribution is 8.00. The number of thioether (sulfide) groups is 1. The van der Waals surface area contributed by atoms with Crippen molar-refractivity contribution in [3.05, 3.63) is 24.0 Å². The van der Waals surface area contributed by atoms with Gasteiger partial charge >= 0.3 is 0 Å². The second-order valence-corrected chi connectivity index (χ2v) is 8.57. The number of anilines is 1. The third kappa shape index (κ3) is 5.05. The molecule has 0 fully saturated rings. The Morgan fingerprint density at radius 3 is 2.78 bits per heavy atom. The minimum absolute atomic E-state index is 0.0441. The van der Waals surface area contributed by atoms with Crippen LogP contribution in [0.2, 0.25) is 0 Å². The van der Waals surface area contributed by atoms with E-state index < -0.39 is 0 Å². The Hall–Kier alpha value is -1.38. The molecular formula is C15H22N4O2S2. The lowest BCUT2D eigenvalue weighted by atomic mass is 9.94. The van der Waals surface area contributed by atoms with Crippen LogP contribution < -0.4 is 11.1 Å². The number of oxazole rings is 1. The summed E-state index contributed by atoms with van der Waals surface area (Å²) in [6.45, 7) is 8.37. The number of aromatic nitrogens is 2. The third-order valence-electron chi connectivity index (χ3n) is 3.15. The summed E-state index contributed by atoms with van der Waals surface area (Å²) in [6.07, 6.45) is 3.52. The van der Waals surface area contributed by atoms with Crippen molar-refractivity contribution in [1.29, 1.82) is 0 Å². The molecule has 0 spiro atoms. The lowest BCUT2D eigenvalue weighted by molar-refractivity contribution is -0.119. The molecule has 1 amide bonds. The Morgan fingerprint density at radius 1 is 1.43 bits per heavy atom. The number of nitrogens with one attached hydrogen (secondary N) is 1. The average molecular weight is 355 g/mol. The normalized spacial score (nSPS) is 13.1. The van der Waals surface area contributed by atoms with Crippen molar-refractivity contribution in [2.45, 2.75) is 43.1 Å². The van der Waals surface area contributed by atoms with Crippen LogP contribution in [-0.2, 0) is 16.0 Å². The zero-order valence-corrected chi connectivity index (χ0v) is 15.4. The first-order chi connectivity index (χ1) is 10.8. The SMILES string of the molecule is CC(CN)C(=O)Nc1ncc(SCc2ncc(C(C)(C)C)o2)s1. The van der Waals surface area contributed by atoms with E-state index in [9.17, 15) is 4.79 Å². The summed E-state index contributed by atoms with van der Waals surface area (Å²) in [5.41, 5.74) is 5.43. The van der Waals surface area contributed by atoms with Crippen LogP contribution in [0.5, 0.6) is 0 Å². The first kappa shape index (κ1) is 18.0. The van der Waals surface area contributed by atoms with Gasteiger partial charge in [-0.25, -0.2) is 9.97 Å². The molecule has 0 saturated carbocycles. The molecule has 6 nitrogen and oxygen atoms in total. The molecule has 8 heteroatoms. The Kier molecular flexibility index (Phi) is 5.83. The maximum absolute atomic E-state index is 11.8. The summed E-state index contributed by atoms with van der Waals surface area (Å²) in [6, 6.07) is 0. The molecule has 0 aliphatic heterocycles. The van der Waals surface area contributed by atoms with Gasteiger partial charge in [-0.3, -0.25) is 4.79 Å². The second-order valence-electron chi connectivity index (χ2n) is 6.27. The fourth-order valence-corrected chi connectivity index (χ4v) is 3.30. The molecule has 2 heterocycles. The Labute approximate surface area is 144 Å². The van der Waals surface area contributed by atoms with Crippen LogP contribution in [0.3, 0.4) is 0 Å². The number of rotatable bonds is 6. The predicted molar refractivity (Wildman–Crippen MR) is 93.7 cm³/mol. The van der Waals surface area contributed by atoms with Crippen molar-refractivity contribution in [3.8, 4) is 0 Å². The summed E-state index contributed by atoms with van der Waals surface area (Å²) in [5, 5.41) is 3.36. The lowest BCUT2D eigenvalue weighted by Crippen LogP contribution is -2.26. The fourth-order valence-electron chi connectivity index (χ4n) is 1.58. The zero-order valence-electron chi connectivity index (χ0n) is 13.8. The molecule has 0 radical (unpaired) electrons. The molecule has 0 bridgehead atoms.